The van der Waals surface area contributed by atoms with Crippen LogP contribution in [0.3, 0.4) is 0 Å². The lowest BCUT2D eigenvalue weighted by atomic mass is 9.94. The maximum Gasteiger partial charge on any atom is 0.243 e. The lowest BCUT2D eigenvalue weighted by Crippen LogP contribution is -2.53. The number of carbonyl (C=O) groups is 2. The number of nitrogens with two attached hydrogens (primary N) is 3. The van der Waals surface area contributed by atoms with Gasteiger partial charge in [0.05, 0.1) is 12.1 Å². The van der Waals surface area contributed by atoms with Gasteiger partial charge in [-0.05, 0) is 111 Å². The Labute approximate surface area is 265 Å². The highest BCUT2D eigenvalue weighted by Gasteiger charge is 2.27. The fraction of sp³-hybridized carbons (Fsp3) is 0.382. The molecule has 0 radical (unpaired) electrons. The van der Waals surface area contributed by atoms with Crippen molar-refractivity contribution in [1.29, 1.82) is 5.41 Å². The van der Waals surface area contributed by atoms with E-state index in [1.54, 1.807) is 12.1 Å². The molecule has 0 aliphatic heterocycles. The highest BCUT2D eigenvalue weighted by atomic mass is 16.5. The molecule has 0 heterocycles. The first-order chi connectivity index (χ1) is 21.6. The summed E-state index contributed by atoms with van der Waals surface area (Å²) in [5.74, 6) is 0.523. The number of guanidine groups is 1. The molecule has 11 nitrogen and oxygen atoms in total. The van der Waals surface area contributed by atoms with E-state index in [4.69, 9.17) is 27.3 Å². The number of aryl methyl sites for hydroxylation is 2. The summed E-state index contributed by atoms with van der Waals surface area (Å²) in [4.78, 5) is 27.2. The van der Waals surface area contributed by atoms with Crippen molar-refractivity contribution in [3.05, 3.63) is 89.0 Å². The maximum absolute atomic E-state index is 14.0. The Bertz CT molecular complexity index is 1390. The van der Waals surface area contributed by atoms with Crippen molar-refractivity contribution < 1.29 is 19.4 Å². The zero-order valence-corrected chi connectivity index (χ0v) is 26.1. The molecule has 0 fully saturated rings. The zero-order valence-electron chi connectivity index (χ0n) is 26.1. The summed E-state index contributed by atoms with van der Waals surface area (Å²) in [6.45, 7) is 4.67. The summed E-state index contributed by atoms with van der Waals surface area (Å²) in [6.07, 6.45) is 3.29. The summed E-state index contributed by atoms with van der Waals surface area (Å²) < 4.78 is 6.05. The number of benzene rings is 3. The number of para-hydroxylation sites is 1. The SMILES string of the molecule is Cc1cc(O)cc(C)c1C[C@H](NC(=O)[C@H](N)CCCNC(=N)N)C(=O)N[C@@H](CCCCN)c1cccc(Oc2ccccc2)c1. The van der Waals surface area contributed by atoms with Gasteiger partial charge in [-0.2, -0.15) is 0 Å². The summed E-state index contributed by atoms with van der Waals surface area (Å²) >= 11 is 0. The molecule has 3 atom stereocenters. The van der Waals surface area contributed by atoms with Crippen LogP contribution >= 0.6 is 0 Å². The van der Waals surface area contributed by atoms with Crippen molar-refractivity contribution in [2.45, 2.75) is 70.5 Å². The number of phenols is 1. The summed E-state index contributed by atoms with van der Waals surface area (Å²) in [7, 11) is 0. The molecule has 11 heteroatoms. The number of carbonyl (C=O) groups excluding carboxylic acids is 2. The molecular weight excluding hydrogens is 570 g/mol. The average Bonchev–Trinajstić information content (AvgIpc) is 3.00. The second-order valence-electron chi connectivity index (χ2n) is 11.2. The number of hydrogen-bond donors (Lipinski definition) is 8. The molecule has 3 aromatic carbocycles. The molecule has 11 N–H and O–H groups in total. The van der Waals surface area contributed by atoms with Crippen LogP contribution in [-0.4, -0.2) is 48.1 Å². The molecule has 0 saturated carbocycles. The molecule has 242 valence electrons. The van der Waals surface area contributed by atoms with Crippen LogP contribution < -0.4 is 37.9 Å². The molecular formula is C34H47N7O4. The van der Waals surface area contributed by atoms with E-state index >= 15 is 0 Å². The van der Waals surface area contributed by atoms with E-state index in [1.807, 2.05) is 68.4 Å². The van der Waals surface area contributed by atoms with Crippen LogP contribution in [0.4, 0.5) is 0 Å². The number of unbranched alkanes of at least 4 members (excludes halogenated alkanes) is 1. The summed E-state index contributed by atoms with van der Waals surface area (Å²) in [6, 6.07) is 18.2. The van der Waals surface area contributed by atoms with E-state index in [2.05, 4.69) is 16.0 Å². The smallest absolute Gasteiger partial charge is 0.243 e. The molecule has 0 saturated heterocycles. The minimum atomic E-state index is -0.929. The third kappa shape index (κ3) is 11.4. The molecule has 45 heavy (non-hydrogen) atoms. The Morgan fingerprint density at radius 2 is 1.58 bits per heavy atom. The van der Waals surface area contributed by atoms with E-state index in [-0.39, 0.29) is 30.1 Å². The number of aromatic hydroxyl groups is 1. The van der Waals surface area contributed by atoms with E-state index in [1.165, 1.54) is 0 Å². The molecule has 3 aromatic rings. The zero-order chi connectivity index (χ0) is 32.8. The molecule has 0 bridgehead atoms. The number of phenolic OH excluding ortho intramolecular Hbond substituents is 1. The Morgan fingerprint density at radius 3 is 2.24 bits per heavy atom. The van der Waals surface area contributed by atoms with Crippen molar-refractivity contribution in [3.8, 4) is 17.2 Å². The number of rotatable bonds is 17. The third-order valence-corrected chi connectivity index (χ3v) is 7.57. The molecule has 0 aromatic heterocycles. The van der Waals surface area contributed by atoms with Gasteiger partial charge in [0.25, 0.3) is 0 Å². The van der Waals surface area contributed by atoms with Crippen molar-refractivity contribution in [1.82, 2.24) is 16.0 Å². The third-order valence-electron chi connectivity index (χ3n) is 7.57. The molecule has 0 unspecified atom stereocenters. The molecule has 3 rings (SSSR count). The number of hydrogen-bond acceptors (Lipinski definition) is 7. The van der Waals surface area contributed by atoms with Crippen LogP contribution in [0.5, 0.6) is 17.2 Å². The van der Waals surface area contributed by atoms with Crippen LogP contribution in [0, 0.1) is 19.3 Å². The number of ether oxygens (including phenoxy) is 1. The maximum atomic E-state index is 14.0. The van der Waals surface area contributed by atoms with Crippen LogP contribution in [0.15, 0.2) is 66.7 Å². The Balaban J connectivity index is 1.84. The van der Waals surface area contributed by atoms with Gasteiger partial charge in [0.15, 0.2) is 5.96 Å². The second kappa shape index (κ2) is 17.6. The average molecular weight is 618 g/mol. The number of amides is 2. The van der Waals surface area contributed by atoms with Gasteiger partial charge in [0.2, 0.25) is 11.8 Å². The first-order valence-electron chi connectivity index (χ1n) is 15.3. The van der Waals surface area contributed by atoms with Gasteiger partial charge in [0.1, 0.15) is 23.3 Å². The van der Waals surface area contributed by atoms with Crippen molar-refractivity contribution in [2.24, 2.45) is 17.2 Å². The highest BCUT2D eigenvalue weighted by molar-refractivity contribution is 5.90. The van der Waals surface area contributed by atoms with Crippen LogP contribution in [-0.2, 0) is 16.0 Å². The van der Waals surface area contributed by atoms with Crippen LogP contribution in [0.2, 0.25) is 0 Å². The van der Waals surface area contributed by atoms with E-state index in [0.29, 0.717) is 43.9 Å². The van der Waals surface area contributed by atoms with Gasteiger partial charge < -0.3 is 43.0 Å². The summed E-state index contributed by atoms with van der Waals surface area (Å²) in [5, 5.41) is 26.1. The highest BCUT2D eigenvalue weighted by Crippen LogP contribution is 2.28. The summed E-state index contributed by atoms with van der Waals surface area (Å²) in [5.41, 5.74) is 20.6. The molecule has 0 spiro atoms. The Kier molecular flexibility index (Phi) is 13.7. The van der Waals surface area contributed by atoms with Gasteiger partial charge in [0, 0.05) is 13.0 Å². The second-order valence-corrected chi connectivity index (χ2v) is 11.2. The first-order valence-corrected chi connectivity index (χ1v) is 15.3. The van der Waals surface area contributed by atoms with E-state index < -0.39 is 18.0 Å². The lowest BCUT2D eigenvalue weighted by Gasteiger charge is -2.26. The van der Waals surface area contributed by atoms with Gasteiger partial charge in [-0.1, -0.05) is 30.3 Å². The van der Waals surface area contributed by atoms with Gasteiger partial charge in [-0.15, -0.1) is 0 Å². The topological polar surface area (TPSA) is 202 Å². The number of nitrogens with one attached hydrogen (secondary N) is 4. The van der Waals surface area contributed by atoms with Crippen molar-refractivity contribution in [3.63, 3.8) is 0 Å². The standard InChI is InChI=1S/C34H47N7O4/c1-22-18-25(42)19-23(2)28(22)21-31(41-32(43)29(36)14-9-17-39-34(37)38)33(44)40-30(15-6-7-16-35)24-10-8-13-27(20-24)45-26-11-4-3-5-12-26/h3-5,8,10-13,18-20,29-31,42H,6-7,9,14-17,21,35-36H2,1-2H3,(H,40,44)(H,41,43)(H4,37,38,39)/t29-,30+,31+/m1/s1. The minimum absolute atomic E-state index is 0.137. The van der Waals surface area contributed by atoms with Crippen LogP contribution in [0.25, 0.3) is 0 Å². The largest absolute Gasteiger partial charge is 0.508 e. The van der Waals surface area contributed by atoms with E-state index in [0.717, 1.165) is 35.1 Å². The Morgan fingerprint density at radius 1 is 0.889 bits per heavy atom. The normalized spacial score (nSPS) is 12.9. The van der Waals surface area contributed by atoms with Gasteiger partial charge >= 0.3 is 0 Å². The van der Waals surface area contributed by atoms with Crippen molar-refractivity contribution in [2.75, 3.05) is 13.1 Å². The Hall–Kier alpha value is -4.61. The fourth-order valence-electron chi connectivity index (χ4n) is 5.17. The minimum Gasteiger partial charge on any atom is -0.508 e. The first kappa shape index (κ1) is 34.9. The van der Waals surface area contributed by atoms with Gasteiger partial charge in [-0.25, -0.2) is 0 Å². The monoisotopic (exact) mass is 617 g/mol. The van der Waals surface area contributed by atoms with Crippen LogP contribution in [0.1, 0.15) is 60.4 Å². The quantitative estimate of drug-likeness (QED) is 0.0639. The van der Waals surface area contributed by atoms with Gasteiger partial charge in [-0.3, -0.25) is 15.0 Å². The van der Waals surface area contributed by atoms with Crippen molar-refractivity contribution >= 4 is 17.8 Å². The fourth-order valence-corrected chi connectivity index (χ4v) is 5.17. The molecule has 0 aliphatic carbocycles. The molecule has 2 amide bonds. The predicted octanol–water partition coefficient (Wildman–Crippen LogP) is 3.41. The van der Waals surface area contributed by atoms with E-state index in [9.17, 15) is 14.7 Å². The predicted molar refractivity (Wildman–Crippen MR) is 177 cm³/mol. The molecule has 0 aliphatic rings. The lowest BCUT2D eigenvalue weighted by molar-refractivity contribution is -0.130.